The number of nitrogens with zero attached hydrogens (tertiary/aromatic N) is 1. The standard InChI is InChI=1S/C14H22N2O2/c1-11(9-16-7-6-15-10-16)12-4-5-13(17-2)14(8-12)18-3/h4-5,8,11,15H,6-7,9-10H2,1-3H3. The van der Waals surface area contributed by atoms with Gasteiger partial charge >= 0.3 is 0 Å². The van der Waals surface area contributed by atoms with Crippen LogP contribution in [0.25, 0.3) is 0 Å². The van der Waals surface area contributed by atoms with Crippen molar-refractivity contribution in [3.05, 3.63) is 23.8 Å². The topological polar surface area (TPSA) is 33.7 Å². The van der Waals surface area contributed by atoms with Gasteiger partial charge in [-0.1, -0.05) is 13.0 Å². The van der Waals surface area contributed by atoms with Gasteiger partial charge in [-0.25, -0.2) is 0 Å². The van der Waals surface area contributed by atoms with E-state index in [1.54, 1.807) is 14.2 Å². The zero-order chi connectivity index (χ0) is 13.0. The van der Waals surface area contributed by atoms with Gasteiger partial charge in [0.1, 0.15) is 0 Å². The van der Waals surface area contributed by atoms with Crippen LogP contribution < -0.4 is 14.8 Å². The van der Waals surface area contributed by atoms with E-state index in [0.717, 1.165) is 37.8 Å². The maximum Gasteiger partial charge on any atom is 0.160 e. The van der Waals surface area contributed by atoms with Gasteiger partial charge in [0.15, 0.2) is 11.5 Å². The summed E-state index contributed by atoms with van der Waals surface area (Å²) in [4.78, 5) is 2.43. The zero-order valence-corrected chi connectivity index (χ0v) is 11.4. The van der Waals surface area contributed by atoms with Crippen LogP contribution >= 0.6 is 0 Å². The summed E-state index contributed by atoms with van der Waals surface area (Å²) in [5, 5.41) is 3.35. The number of benzene rings is 1. The highest BCUT2D eigenvalue weighted by Crippen LogP contribution is 2.30. The molecule has 0 aromatic heterocycles. The average Bonchev–Trinajstić information content (AvgIpc) is 2.90. The van der Waals surface area contributed by atoms with E-state index in [9.17, 15) is 0 Å². The fourth-order valence-electron chi connectivity index (χ4n) is 2.36. The number of nitrogens with one attached hydrogen (secondary N) is 1. The lowest BCUT2D eigenvalue weighted by atomic mass is 10.00. The maximum absolute atomic E-state index is 5.35. The Hall–Kier alpha value is -1.26. The monoisotopic (exact) mass is 250 g/mol. The summed E-state index contributed by atoms with van der Waals surface area (Å²) < 4.78 is 10.6. The minimum Gasteiger partial charge on any atom is -0.493 e. The molecule has 1 saturated heterocycles. The number of rotatable bonds is 5. The first kappa shape index (κ1) is 13.2. The molecule has 4 nitrogen and oxygen atoms in total. The van der Waals surface area contributed by atoms with Crippen molar-refractivity contribution in [3.63, 3.8) is 0 Å². The molecule has 1 atom stereocenters. The van der Waals surface area contributed by atoms with Crippen LogP contribution in [0, 0.1) is 0 Å². The van der Waals surface area contributed by atoms with Crippen LogP contribution in [0.1, 0.15) is 18.4 Å². The van der Waals surface area contributed by atoms with E-state index in [4.69, 9.17) is 9.47 Å². The van der Waals surface area contributed by atoms with E-state index in [-0.39, 0.29) is 0 Å². The Labute approximate surface area is 109 Å². The molecule has 1 unspecified atom stereocenters. The highest BCUT2D eigenvalue weighted by Gasteiger charge is 2.16. The van der Waals surface area contributed by atoms with Crippen LogP contribution in [0.2, 0.25) is 0 Å². The van der Waals surface area contributed by atoms with Crippen molar-refractivity contribution in [3.8, 4) is 11.5 Å². The van der Waals surface area contributed by atoms with Crippen molar-refractivity contribution in [1.82, 2.24) is 10.2 Å². The maximum atomic E-state index is 5.35. The Balaban J connectivity index is 2.06. The van der Waals surface area contributed by atoms with E-state index in [0.29, 0.717) is 5.92 Å². The third-order valence-corrected chi connectivity index (χ3v) is 3.45. The molecule has 1 heterocycles. The van der Waals surface area contributed by atoms with Crippen LogP contribution in [-0.2, 0) is 0 Å². The molecule has 1 N–H and O–H groups in total. The van der Waals surface area contributed by atoms with Gasteiger partial charge in [0.05, 0.1) is 14.2 Å². The lowest BCUT2D eigenvalue weighted by Crippen LogP contribution is -2.26. The third kappa shape index (κ3) is 2.94. The molecule has 4 heteroatoms. The highest BCUT2D eigenvalue weighted by atomic mass is 16.5. The molecule has 18 heavy (non-hydrogen) atoms. The SMILES string of the molecule is COc1ccc(C(C)CN2CCNC2)cc1OC. The predicted octanol–water partition coefficient (Wildman–Crippen LogP) is 1.67. The van der Waals surface area contributed by atoms with Crippen molar-refractivity contribution in [2.24, 2.45) is 0 Å². The summed E-state index contributed by atoms with van der Waals surface area (Å²) >= 11 is 0. The molecular formula is C14H22N2O2. The summed E-state index contributed by atoms with van der Waals surface area (Å²) in [5.41, 5.74) is 1.29. The summed E-state index contributed by atoms with van der Waals surface area (Å²) in [6.07, 6.45) is 0. The summed E-state index contributed by atoms with van der Waals surface area (Å²) in [6.45, 7) is 6.55. The number of methoxy groups -OCH3 is 2. The Morgan fingerprint density at radius 1 is 1.28 bits per heavy atom. The van der Waals surface area contributed by atoms with E-state index in [1.165, 1.54) is 5.56 Å². The first-order valence-corrected chi connectivity index (χ1v) is 6.39. The van der Waals surface area contributed by atoms with Gasteiger partial charge in [-0.05, 0) is 23.6 Å². The van der Waals surface area contributed by atoms with E-state index in [1.807, 2.05) is 6.07 Å². The lowest BCUT2D eigenvalue weighted by molar-refractivity contribution is 0.316. The first-order valence-electron chi connectivity index (χ1n) is 6.39. The number of hydrogen-bond acceptors (Lipinski definition) is 4. The molecule has 1 aromatic rings. The van der Waals surface area contributed by atoms with Gasteiger partial charge in [0.2, 0.25) is 0 Å². The minimum absolute atomic E-state index is 0.490. The van der Waals surface area contributed by atoms with Gasteiger partial charge in [-0.15, -0.1) is 0 Å². The smallest absolute Gasteiger partial charge is 0.160 e. The number of ether oxygens (including phenoxy) is 2. The van der Waals surface area contributed by atoms with Gasteiger partial charge in [-0.2, -0.15) is 0 Å². The quantitative estimate of drug-likeness (QED) is 0.862. The van der Waals surface area contributed by atoms with Crippen LogP contribution in [0.4, 0.5) is 0 Å². The molecule has 0 saturated carbocycles. The van der Waals surface area contributed by atoms with Gasteiger partial charge in [0, 0.05) is 26.3 Å². The molecule has 0 bridgehead atoms. The second-order valence-corrected chi connectivity index (χ2v) is 4.75. The lowest BCUT2D eigenvalue weighted by Gasteiger charge is -2.20. The van der Waals surface area contributed by atoms with Crippen molar-refractivity contribution < 1.29 is 9.47 Å². The van der Waals surface area contributed by atoms with Gasteiger partial charge in [0.25, 0.3) is 0 Å². The second kappa shape index (κ2) is 6.07. The molecule has 0 radical (unpaired) electrons. The van der Waals surface area contributed by atoms with E-state index >= 15 is 0 Å². The molecule has 100 valence electrons. The molecule has 1 aliphatic rings. The van der Waals surface area contributed by atoms with E-state index in [2.05, 4.69) is 29.3 Å². The van der Waals surface area contributed by atoms with Crippen molar-refractivity contribution in [1.29, 1.82) is 0 Å². The predicted molar refractivity (Wildman–Crippen MR) is 72.4 cm³/mol. The van der Waals surface area contributed by atoms with Crippen LogP contribution in [0.3, 0.4) is 0 Å². The molecule has 0 aliphatic carbocycles. The van der Waals surface area contributed by atoms with Crippen molar-refractivity contribution in [2.75, 3.05) is 40.5 Å². The fraction of sp³-hybridized carbons (Fsp3) is 0.571. The molecule has 1 aliphatic heterocycles. The Bertz CT molecular complexity index is 389. The molecule has 0 amide bonds. The summed E-state index contributed by atoms with van der Waals surface area (Å²) in [5.74, 6) is 2.09. The largest absolute Gasteiger partial charge is 0.493 e. The van der Waals surface area contributed by atoms with Gasteiger partial charge < -0.3 is 14.8 Å². The Morgan fingerprint density at radius 3 is 2.67 bits per heavy atom. The third-order valence-electron chi connectivity index (χ3n) is 3.45. The van der Waals surface area contributed by atoms with Crippen molar-refractivity contribution >= 4 is 0 Å². The highest BCUT2D eigenvalue weighted by molar-refractivity contribution is 5.43. The average molecular weight is 250 g/mol. The summed E-state index contributed by atoms with van der Waals surface area (Å²) in [7, 11) is 3.34. The number of hydrogen-bond donors (Lipinski definition) is 1. The molecule has 1 aromatic carbocycles. The first-order chi connectivity index (χ1) is 8.74. The molecular weight excluding hydrogens is 228 g/mol. The minimum atomic E-state index is 0.490. The molecule has 2 rings (SSSR count). The fourth-order valence-corrected chi connectivity index (χ4v) is 2.36. The van der Waals surface area contributed by atoms with Crippen LogP contribution in [-0.4, -0.2) is 45.4 Å². The molecule has 1 fully saturated rings. The van der Waals surface area contributed by atoms with Crippen molar-refractivity contribution in [2.45, 2.75) is 12.8 Å². The van der Waals surface area contributed by atoms with Crippen LogP contribution in [0.15, 0.2) is 18.2 Å². The van der Waals surface area contributed by atoms with Crippen LogP contribution in [0.5, 0.6) is 11.5 Å². The summed E-state index contributed by atoms with van der Waals surface area (Å²) in [6, 6.07) is 6.18. The second-order valence-electron chi connectivity index (χ2n) is 4.75. The normalized spacial score (nSPS) is 17.7. The Kier molecular flexibility index (Phi) is 4.44. The van der Waals surface area contributed by atoms with Gasteiger partial charge in [-0.3, -0.25) is 4.90 Å². The molecule has 0 spiro atoms. The zero-order valence-electron chi connectivity index (χ0n) is 11.4. The Morgan fingerprint density at radius 2 is 2.06 bits per heavy atom. The van der Waals surface area contributed by atoms with E-state index < -0.39 is 0 Å².